The molecular weight excluding hydrogens is 424 g/mol. The van der Waals surface area contributed by atoms with Crippen LogP contribution in [0.4, 0.5) is 0 Å². The monoisotopic (exact) mass is 473 g/mol. The average Bonchev–Trinajstić information content (AvgIpc) is 2.93. The zero-order valence-corrected chi connectivity index (χ0v) is 22.5. The van der Waals surface area contributed by atoms with E-state index in [-0.39, 0.29) is 5.84 Å². The molecule has 1 aliphatic rings. The molecular formula is C29H49N2O3. The standard InChI is InChI=1S/C29H49N2O3/c1-6-7-8-9-10-11-12-13-14-15-16-17-18-19-24-34-26-22-20-25(21-23-26)27-30(32)28(2,3)29(4,5)31(27)33/h20-23H,6-19,24H2,1-5H3. The molecule has 0 fully saturated rings. The summed E-state index contributed by atoms with van der Waals surface area (Å²) < 4.78 is 6.73. The molecule has 0 N–H and O–H groups in total. The Balaban J connectivity index is 1.56. The van der Waals surface area contributed by atoms with Crippen LogP contribution in [0.2, 0.25) is 0 Å². The lowest BCUT2D eigenvalue weighted by atomic mass is 9.84. The number of benzene rings is 1. The van der Waals surface area contributed by atoms with Crippen molar-refractivity contribution < 1.29 is 14.7 Å². The van der Waals surface area contributed by atoms with Gasteiger partial charge in [-0.2, -0.15) is 0 Å². The van der Waals surface area contributed by atoms with Gasteiger partial charge in [0.25, 0.3) is 0 Å². The van der Waals surface area contributed by atoms with Gasteiger partial charge in [0.1, 0.15) is 11.3 Å². The molecule has 0 aromatic heterocycles. The van der Waals surface area contributed by atoms with Crippen LogP contribution in [0.3, 0.4) is 0 Å². The second-order valence-corrected chi connectivity index (χ2v) is 11.0. The van der Waals surface area contributed by atoms with E-state index in [2.05, 4.69) is 6.92 Å². The van der Waals surface area contributed by atoms with Gasteiger partial charge in [-0.05, 0) is 58.4 Å². The number of hydrogen-bond donors (Lipinski definition) is 0. The van der Waals surface area contributed by atoms with Gasteiger partial charge in [-0.3, -0.25) is 4.74 Å². The van der Waals surface area contributed by atoms with Gasteiger partial charge < -0.3 is 9.94 Å². The molecule has 0 spiro atoms. The Morgan fingerprint density at radius 2 is 1.21 bits per heavy atom. The van der Waals surface area contributed by atoms with Crippen LogP contribution in [-0.4, -0.2) is 33.3 Å². The minimum Gasteiger partial charge on any atom is -0.714 e. The lowest BCUT2D eigenvalue weighted by Gasteiger charge is -2.32. The summed E-state index contributed by atoms with van der Waals surface area (Å²) in [5.41, 5.74) is -0.965. The molecule has 5 nitrogen and oxygen atoms in total. The predicted molar refractivity (Wildman–Crippen MR) is 141 cm³/mol. The van der Waals surface area contributed by atoms with Crippen LogP contribution in [-0.2, 0) is 5.21 Å². The maximum Gasteiger partial charge on any atom is 0.316 e. The van der Waals surface area contributed by atoms with Crippen LogP contribution >= 0.6 is 0 Å². The predicted octanol–water partition coefficient (Wildman–Crippen LogP) is 8.02. The number of ether oxygens (including phenoxy) is 1. The van der Waals surface area contributed by atoms with Gasteiger partial charge in [0.2, 0.25) is 0 Å². The van der Waals surface area contributed by atoms with E-state index in [4.69, 9.17) is 4.74 Å². The maximum absolute atomic E-state index is 12.8. The van der Waals surface area contributed by atoms with Crippen molar-refractivity contribution in [3.63, 3.8) is 0 Å². The lowest BCUT2D eigenvalue weighted by Crippen LogP contribution is -2.53. The number of nitrogens with zero attached hydrogens (tertiary/aromatic N) is 2. The fraction of sp³-hybridized carbons (Fsp3) is 0.759. The lowest BCUT2D eigenvalue weighted by molar-refractivity contribution is -0.539. The maximum atomic E-state index is 12.8. The molecule has 1 heterocycles. The van der Waals surface area contributed by atoms with Crippen molar-refractivity contribution in [2.24, 2.45) is 0 Å². The van der Waals surface area contributed by atoms with Crippen LogP contribution in [0, 0.1) is 5.21 Å². The molecule has 0 unspecified atom stereocenters. The van der Waals surface area contributed by atoms with Gasteiger partial charge >= 0.3 is 5.84 Å². The van der Waals surface area contributed by atoms with E-state index >= 15 is 0 Å². The zero-order chi connectivity index (χ0) is 25.0. The van der Waals surface area contributed by atoms with Crippen LogP contribution in [0.15, 0.2) is 24.3 Å². The van der Waals surface area contributed by atoms with Gasteiger partial charge in [-0.25, -0.2) is 0 Å². The highest BCUT2D eigenvalue weighted by molar-refractivity contribution is 5.96. The molecule has 1 aromatic rings. The van der Waals surface area contributed by atoms with E-state index in [1.807, 2.05) is 52.0 Å². The molecule has 0 amide bonds. The van der Waals surface area contributed by atoms with E-state index in [0.717, 1.165) is 22.0 Å². The minimum absolute atomic E-state index is 0.175. The largest absolute Gasteiger partial charge is 0.714 e. The van der Waals surface area contributed by atoms with Crippen molar-refractivity contribution in [2.45, 2.75) is 136 Å². The highest BCUT2D eigenvalue weighted by atomic mass is 16.5. The average molecular weight is 474 g/mol. The molecule has 0 saturated carbocycles. The smallest absolute Gasteiger partial charge is 0.316 e. The summed E-state index contributed by atoms with van der Waals surface area (Å²) in [5.74, 6) is 0.957. The summed E-state index contributed by atoms with van der Waals surface area (Å²) in [6.07, 6.45) is 18.8. The van der Waals surface area contributed by atoms with Gasteiger partial charge in [0, 0.05) is 5.21 Å². The number of rotatable bonds is 17. The van der Waals surface area contributed by atoms with Crippen molar-refractivity contribution in [1.82, 2.24) is 5.06 Å². The SMILES string of the molecule is CCCCCCCCCCCCCCCCOc1ccc(C2=[N+]([O-])C(C)(C)C(C)(C)N2[O])cc1. The molecule has 2 rings (SSSR count). The van der Waals surface area contributed by atoms with Crippen molar-refractivity contribution in [3.8, 4) is 5.75 Å². The van der Waals surface area contributed by atoms with Gasteiger partial charge in [-0.15, -0.1) is 0 Å². The van der Waals surface area contributed by atoms with Gasteiger partial charge in [0.05, 0.1) is 12.2 Å². The first-order valence-electron chi connectivity index (χ1n) is 13.8. The number of unbranched alkanes of at least 4 members (excludes halogenated alkanes) is 13. The van der Waals surface area contributed by atoms with Gasteiger partial charge in [0.15, 0.2) is 5.54 Å². The highest BCUT2D eigenvalue weighted by Gasteiger charge is 2.59. The molecule has 1 radical (unpaired) electrons. The van der Waals surface area contributed by atoms with E-state index in [1.165, 1.54) is 83.5 Å². The Morgan fingerprint density at radius 1 is 0.765 bits per heavy atom. The fourth-order valence-electron chi connectivity index (χ4n) is 4.53. The molecule has 0 aliphatic carbocycles. The van der Waals surface area contributed by atoms with Crippen molar-refractivity contribution in [2.75, 3.05) is 6.61 Å². The summed E-state index contributed by atoms with van der Waals surface area (Å²) in [4.78, 5) is 0. The highest BCUT2D eigenvalue weighted by Crippen LogP contribution is 2.37. The third-order valence-electron chi connectivity index (χ3n) is 7.78. The van der Waals surface area contributed by atoms with Crippen molar-refractivity contribution in [1.29, 1.82) is 0 Å². The van der Waals surface area contributed by atoms with Crippen LogP contribution in [0.25, 0.3) is 0 Å². The molecule has 0 bridgehead atoms. The fourth-order valence-corrected chi connectivity index (χ4v) is 4.53. The van der Waals surface area contributed by atoms with E-state index in [0.29, 0.717) is 12.2 Å². The second-order valence-electron chi connectivity index (χ2n) is 11.0. The Bertz CT molecular complexity index is 740. The van der Waals surface area contributed by atoms with Crippen LogP contribution in [0.1, 0.15) is 130 Å². The van der Waals surface area contributed by atoms with Crippen molar-refractivity contribution >= 4 is 5.84 Å². The quantitative estimate of drug-likeness (QED) is 0.131. The Labute approximate surface area is 208 Å². The molecule has 0 saturated heterocycles. The first kappa shape index (κ1) is 28.5. The van der Waals surface area contributed by atoms with Crippen LogP contribution in [0.5, 0.6) is 5.75 Å². The van der Waals surface area contributed by atoms with E-state index in [1.54, 1.807) is 0 Å². The zero-order valence-electron chi connectivity index (χ0n) is 22.5. The van der Waals surface area contributed by atoms with Crippen molar-refractivity contribution in [3.05, 3.63) is 35.0 Å². The number of hydroxylamine groups is 3. The van der Waals surface area contributed by atoms with E-state index < -0.39 is 11.1 Å². The third-order valence-corrected chi connectivity index (χ3v) is 7.78. The topological polar surface area (TPSA) is 58.4 Å². The molecule has 1 aromatic carbocycles. The first-order valence-corrected chi connectivity index (χ1v) is 13.8. The summed E-state index contributed by atoms with van der Waals surface area (Å²) in [6.45, 7) is 10.2. The Hall–Kier alpha value is -1.75. The molecule has 193 valence electrons. The third kappa shape index (κ3) is 7.63. The molecule has 1 aliphatic heterocycles. The minimum atomic E-state index is -0.798. The molecule has 0 atom stereocenters. The second kappa shape index (κ2) is 14.0. The first-order chi connectivity index (χ1) is 16.2. The Morgan fingerprint density at radius 3 is 1.62 bits per heavy atom. The summed E-state index contributed by atoms with van der Waals surface area (Å²) >= 11 is 0. The van der Waals surface area contributed by atoms with E-state index in [9.17, 15) is 10.4 Å². The Kier molecular flexibility index (Phi) is 11.7. The number of hydrogen-bond acceptors (Lipinski definition) is 3. The molecule has 34 heavy (non-hydrogen) atoms. The normalized spacial score (nSPS) is 16.9. The van der Waals surface area contributed by atoms with Crippen LogP contribution < -0.4 is 4.74 Å². The van der Waals surface area contributed by atoms with Gasteiger partial charge in [-0.1, -0.05) is 95.5 Å². The summed E-state index contributed by atoms with van der Waals surface area (Å²) in [6, 6.07) is 7.32. The summed E-state index contributed by atoms with van der Waals surface area (Å²) in [7, 11) is 0. The number of amidine groups is 1. The summed E-state index contributed by atoms with van der Waals surface area (Å²) in [5, 5.41) is 26.4. The molecule has 5 heteroatoms.